The highest BCUT2D eigenvalue weighted by Crippen LogP contribution is 2.11. The van der Waals surface area contributed by atoms with Crippen molar-refractivity contribution in [3.8, 4) is 0 Å². The first-order valence-corrected chi connectivity index (χ1v) is 25.4. The standard InChI is InChI=1S/C57H92O6/c1-4-7-10-13-16-19-22-25-27-29-32-35-38-41-44-47-50-56(59)62-53-54(52-61-55(58)49-46-43-40-37-34-31-24-21-18-15-12-9-6-3)63-57(60)51-48-45-42-39-36-33-30-28-26-23-20-17-14-11-8-5-2/h7,10,16,19,25,27-28,30-36,40-41,43-44,54H,4-6,8-9,11-15,17-18,20-24,26,29,37-39,42,45-53H2,1-3H3/b10-7-,19-16-,27-25-,30-28-,34-31-,35-32-,36-33-,43-40-,44-41-. The third-order valence-corrected chi connectivity index (χ3v) is 10.3. The zero-order valence-electron chi connectivity index (χ0n) is 40.5. The number of esters is 3. The van der Waals surface area contributed by atoms with Crippen LogP contribution in [-0.2, 0) is 28.6 Å². The Morgan fingerprint density at radius 1 is 0.349 bits per heavy atom. The Labute approximate surface area is 387 Å². The second-order valence-corrected chi connectivity index (χ2v) is 16.4. The van der Waals surface area contributed by atoms with Crippen molar-refractivity contribution in [3.63, 3.8) is 0 Å². The molecule has 0 aromatic heterocycles. The number of allylic oxidation sites excluding steroid dienone is 18. The van der Waals surface area contributed by atoms with Gasteiger partial charge in [0.25, 0.3) is 0 Å². The summed E-state index contributed by atoms with van der Waals surface area (Å²) in [6, 6.07) is 0. The van der Waals surface area contributed by atoms with Gasteiger partial charge >= 0.3 is 17.9 Å². The number of carbonyl (C=O) groups is 3. The van der Waals surface area contributed by atoms with Crippen molar-refractivity contribution in [1.82, 2.24) is 0 Å². The molecule has 63 heavy (non-hydrogen) atoms. The van der Waals surface area contributed by atoms with Gasteiger partial charge < -0.3 is 14.2 Å². The average molecular weight is 873 g/mol. The fourth-order valence-electron chi connectivity index (χ4n) is 6.47. The lowest BCUT2D eigenvalue weighted by Gasteiger charge is -2.18. The maximum Gasteiger partial charge on any atom is 0.306 e. The predicted octanol–water partition coefficient (Wildman–Crippen LogP) is 16.8. The molecule has 0 radical (unpaired) electrons. The first kappa shape index (κ1) is 59.1. The third kappa shape index (κ3) is 49.0. The molecule has 0 rings (SSSR count). The maximum absolute atomic E-state index is 12.8. The molecule has 1 atom stereocenters. The lowest BCUT2D eigenvalue weighted by atomic mass is 10.1. The molecule has 6 nitrogen and oxygen atoms in total. The van der Waals surface area contributed by atoms with E-state index in [0.29, 0.717) is 19.3 Å². The molecule has 0 fully saturated rings. The molecule has 1 unspecified atom stereocenters. The van der Waals surface area contributed by atoms with Crippen LogP contribution >= 0.6 is 0 Å². The number of unbranched alkanes of at least 4 members (excludes halogenated alkanes) is 16. The maximum atomic E-state index is 12.8. The van der Waals surface area contributed by atoms with Gasteiger partial charge in [0.2, 0.25) is 0 Å². The van der Waals surface area contributed by atoms with Crippen molar-refractivity contribution in [2.75, 3.05) is 13.2 Å². The summed E-state index contributed by atoms with van der Waals surface area (Å²) in [5.74, 6) is -1.12. The number of hydrogen-bond acceptors (Lipinski definition) is 6. The van der Waals surface area contributed by atoms with Crippen molar-refractivity contribution >= 4 is 17.9 Å². The summed E-state index contributed by atoms with van der Waals surface area (Å²) in [7, 11) is 0. The van der Waals surface area contributed by atoms with Gasteiger partial charge in [-0.05, 0) is 96.3 Å². The summed E-state index contributed by atoms with van der Waals surface area (Å²) in [6.07, 6.45) is 68.1. The second kappa shape index (κ2) is 50.7. The minimum Gasteiger partial charge on any atom is -0.462 e. The Morgan fingerprint density at radius 3 is 1.13 bits per heavy atom. The van der Waals surface area contributed by atoms with Crippen molar-refractivity contribution in [2.24, 2.45) is 0 Å². The first-order chi connectivity index (χ1) is 31.0. The Hall–Kier alpha value is -3.93. The smallest absolute Gasteiger partial charge is 0.306 e. The molecular formula is C57H92O6. The highest BCUT2D eigenvalue weighted by Gasteiger charge is 2.19. The van der Waals surface area contributed by atoms with Gasteiger partial charge in [0.15, 0.2) is 6.10 Å². The van der Waals surface area contributed by atoms with E-state index in [1.807, 2.05) is 18.2 Å². The normalized spacial score (nSPS) is 13.0. The van der Waals surface area contributed by atoms with Crippen LogP contribution in [0, 0.1) is 0 Å². The summed E-state index contributed by atoms with van der Waals surface area (Å²) < 4.78 is 16.6. The molecule has 0 bridgehead atoms. The number of ether oxygens (including phenoxy) is 3. The van der Waals surface area contributed by atoms with Gasteiger partial charge in [-0.3, -0.25) is 14.4 Å². The first-order valence-electron chi connectivity index (χ1n) is 25.4. The van der Waals surface area contributed by atoms with E-state index in [1.165, 1.54) is 83.5 Å². The van der Waals surface area contributed by atoms with Crippen LogP contribution in [0.25, 0.3) is 0 Å². The minimum absolute atomic E-state index is 0.144. The van der Waals surface area contributed by atoms with Crippen LogP contribution in [0.4, 0.5) is 0 Å². The van der Waals surface area contributed by atoms with E-state index >= 15 is 0 Å². The van der Waals surface area contributed by atoms with Crippen molar-refractivity contribution in [3.05, 3.63) is 109 Å². The largest absolute Gasteiger partial charge is 0.462 e. The van der Waals surface area contributed by atoms with E-state index < -0.39 is 6.10 Å². The van der Waals surface area contributed by atoms with Gasteiger partial charge in [-0.25, -0.2) is 0 Å². The molecule has 6 heteroatoms. The van der Waals surface area contributed by atoms with Crippen LogP contribution in [-0.4, -0.2) is 37.2 Å². The zero-order chi connectivity index (χ0) is 45.8. The summed E-state index contributed by atoms with van der Waals surface area (Å²) in [5, 5.41) is 0. The quantitative estimate of drug-likeness (QED) is 0.0199. The molecule has 0 saturated carbocycles. The summed E-state index contributed by atoms with van der Waals surface area (Å²) >= 11 is 0. The topological polar surface area (TPSA) is 78.9 Å². The zero-order valence-corrected chi connectivity index (χ0v) is 40.5. The summed E-state index contributed by atoms with van der Waals surface area (Å²) in [4.78, 5) is 37.9. The Bertz CT molecular complexity index is 1330. The van der Waals surface area contributed by atoms with Crippen LogP contribution in [0.15, 0.2) is 109 Å². The molecule has 356 valence electrons. The molecule has 0 N–H and O–H groups in total. The van der Waals surface area contributed by atoms with E-state index in [2.05, 4.69) is 112 Å². The van der Waals surface area contributed by atoms with Crippen LogP contribution < -0.4 is 0 Å². The van der Waals surface area contributed by atoms with Crippen LogP contribution in [0.3, 0.4) is 0 Å². The summed E-state index contributed by atoms with van der Waals surface area (Å²) in [5.41, 5.74) is 0. The molecule has 0 aromatic rings. The molecule has 0 heterocycles. The monoisotopic (exact) mass is 873 g/mol. The van der Waals surface area contributed by atoms with E-state index in [0.717, 1.165) is 70.6 Å². The molecule has 0 saturated heterocycles. The fourth-order valence-corrected chi connectivity index (χ4v) is 6.47. The van der Waals surface area contributed by atoms with Gasteiger partial charge in [0.05, 0.1) is 0 Å². The van der Waals surface area contributed by atoms with Gasteiger partial charge in [0.1, 0.15) is 13.2 Å². The average Bonchev–Trinajstić information content (AvgIpc) is 3.28. The van der Waals surface area contributed by atoms with Gasteiger partial charge in [0, 0.05) is 19.3 Å². The molecule has 0 spiro atoms. The number of hydrogen-bond donors (Lipinski definition) is 0. The van der Waals surface area contributed by atoms with Crippen LogP contribution in [0.1, 0.15) is 213 Å². The molecular weight excluding hydrogens is 781 g/mol. The summed E-state index contributed by atoms with van der Waals surface area (Å²) in [6.45, 7) is 6.35. The minimum atomic E-state index is -0.845. The number of rotatable bonds is 44. The van der Waals surface area contributed by atoms with Crippen LogP contribution in [0.2, 0.25) is 0 Å². The van der Waals surface area contributed by atoms with Gasteiger partial charge in [-0.1, -0.05) is 207 Å². The SMILES string of the molecule is CC/C=C\C/C=C\C/C=C\C/C=C\C/C=C\CCC(=O)OCC(COC(=O)CC/C=C\C/C=C\CCCCCCCC)OC(=O)CCCCC/C=C\C=C/CCCCCCCCC. The molecule has 0 aromatic carbocycles. The highest BCUT2D eigenvalue weighted by molar-refractivity contribution is 5.71. The molecule has 0 amide bonds. The Balaban J connectivity index is 4.62. The van der Waals surface area contributed by atoms with Crippen molar-refractivity contribution in [2.45, 2.75) is 219 Å². The van der Waals surface area contributed by atoms with E-state index in [1.54, 1.807) is 0 Å². The Morgan fingerprint density at radius 2 is 0.698 bits per heavy atom. The van der Waals surface area contributed by atoms with Crippen molar-refractivity contribution in [1.29, 1.82) is 0 Å². The molecule has 0 aliphatic carbocycles. The van der Waals surface area contributed by atoms with E-state index in [4.69, 9.17) is 14.2 Å². The predicted molar refractivity (Wildman–Crippen MR) is 270 cm³/mol. The second-order valence-electron chi connectivity index (χ2n) is 16.4. The highest BCUT2D eigenvalue weighted by atomic mass is 16.6. The van der Waals surface area contributed by atoms with E-state index in [-0.39, 0.29) is 50.4 Å². The van der Waals surface area contributed by atoms with Gasteiger partial charge in [-0.15, -0.1) is 0 Å². The van der Waals surface area contributed by atoms with Crippen molar-refractivity contribution < 1.29 is 28.6 Å². The lowest BCUT2D eigenvalue weighted by molar-refractivity contribution is -0.166. The van der Waals surface area contributed by atoms with Gasteiger partial charge in [-0.2, -0.15) is 0 Å². The lowest BCUT2D eigenvalue weighted by Crippen LogP contribution is -2.30. The Kier molecular flexibility index (Phi) is 47.5. The fraction of sp³-hybridized carbons (Fsp3) is 0.632. The molecule has 0 aliphatic heterocycles. The third-order valence-electron chi connectivity index (χ3n) is 10.3. The van der Waals surface area contributed by atoms with Crippen LogP contribution in [0.5, 0.6) is 0 Å². The molecule has 0 aliphatic rings. The number of carbonyl (C=O) groups excluding carboxylic acids is 3. The van der Waals surface area contributed by atoms with E-state index in [9.17, 15) is 14.4 Å².